The van der Waals surface area contributed by atoms with Crippen LogP contribution in [0.15, 0.2) is 18.2 Å². The van der Waals surface area contributed by atoms with Gasteiger partial charge in [-0.1, -0.05) is 6.07 Å². The van der Waals surface area contributed by atoms with Crippen molar-refractivity contribution in [2.75, 3.05) is 6.54 Å². The van der Waals surface area contributed by atoms with Gasteiger partial charge >= 0.3 is 6.36 Å². The lowest BCUT2D eigenvalue weighted by Gasteiger charge is -2.14. The summed E-state index contributed by atoms with van der Waals surface area (Å²) in [5, 5.41) is 11.1. The smallest absolute Gasteiger partial charge is 0.405 e. The van der Waals surface area contributed by atoms with Gasteiger partial charge in [0, 0.05) is 38.0 Å². The van der Waals surface area contributed by atoms with Crippen LogP contribution in [-0.2, 0) is 25.9 Å². The van der Waals surface area contributed by atoms with Crippen molar-refractivity contribution >= 4 is 0 Å². The zero-order chi connectivity index (χ0) is 17.2. The van der Waals surface area contributed by atoms with E-state index in [0.717, 1.165) is 43.2 Å². The second-order valence-electron chi connectivity index (χ2n) is 5.48. The Morgan fingerprint density at radius 3 is 2.88 bits per heavy atom. The van der Waals surface area contributed by atoms with Gasteiger partial charge in [-0.15, -0.1) is 23.4 Å². The van der Waals surface area contributed by atoms with E-state index in [1.165, 1.54) is 6.07 Å². The average Bonchev–Trinajstić information content (AvgIpc) is 3.08. The van der Waals surface area contributed by atoms with Crippen molar-refractivity contribution in [1.82, 2.24) is 20.1 Å². The molecule has 130 valence electrons. The minimum absolute atomic E-state index is 0.0704. The molecule has 1 N–H and O–H groups in total. The van der Waals surface area contributed by atoms with Gasteiger partial charge in [0.1, 0.15) is 23.2 Å². The first-order chi connectivity index (χ1) is 11.4. The van der Waals surface area contributed by atoms with E-state index in [4.69, 9.17) is 0 Å². The summed E-state index contributed by atoms with van der Waals surface area (Å²) in [6.45, 7) is 1.26. The third-order valence-electron chi connectivity index (χ3n) is 3.81. The maximum atomic E-state index is 13.8. The van der Waals surface area contributed by atoms with Gasteiger partial charge in [-0.3, -0.25) is 0 Å². The van der Waals surface area contributed by atoms with E-state index in [1.807, 2.05) is 4.57 Å². The van der Waals surface area contributed by atoms with E-state index >= 15 is 0 Å². The topological polar surface area (TPSA) is 52.0 Å². The molecule has 0 radical (unpaired) electrons. The Bertz CT molecular complexity index is 714. The van der Waals surface area contributed by atoms with Crippen molar-refractivity contribution in [2.45, 2.75) is 38.7 Å². The van der Waals surface area contributed by atoms with E-state index in [9.17, 15) is 17.6 Å². The molecule has 2 aromatic rings. The lowest BCUT2D eigenvalue weighted by Crippen LogP contribution is -2.22. The van der Waals surface area contributed by atoms with Gasteiger partial charge in [-0.25, -0.2) is 4.39 Å². The fraction of sp³-hybridized carbons (Fsp3) is 0.467. The number of alkyl halides is 3. The molecule has 1 aliphatic heterocycles. The molecular formula is C15H16F4N4O. The summed E-state index contributed by atoms with van der Waals surface area (Å²) in [7, 11) is 0. The molecular weight excluding hydrogens is 328 g/mol. The minimum atomic E-state index is -4.86. The molecule has 1 aromatic heterocycles. The van der Waals surface area contributed by atoms with Crippen molar-refractivity contribution < 1.29 is 22.3 Å². The maximum Gasteiger partial charge on any atom is 0.573 e. The highest BCUT2D eigenvalue weighted by Crippen LogP contribution is 2.28. The predicted octanol–water partition coefficient (Wildman–Crippen LogP) is 2.59. The van der Waals surface area contributed by atoms with Gasteiger partial charge in [0.15, 0.2) is 0 Å². The number of benzene rings is 1. The summed E-state index contributed by atoms with van der Waals surface area (Å²) in [6.07, 6.45) is -2.34. The Hall–Kier alpha value is -2.16. The van der Waals surface area contributed by atoms with Gasteiger partial charge in [0.05, 0.1) is 0 Å². The van der Waals surface area contributed by atoms with Gasteiger partial charge in [0.2, 0.25) is 0 Å². The number of rotatable bonds is 6. The van der Waals surface area contributed by atoms with Crippen LogP contribution in [-0.4, -0.2) is 27.7 Å². The van der Waals surface area contributed by atoms with Crippen LogP contribution in [0.4, 0.5) is 17.6 Å². The number of ether oxygens (including phenoxy) is 1. The monoisotopic (exact) mass is 344 g/mol. The first-order valence-electron chi connectivity index (χ1n) is 7.59. The van der Waals surface area contributed by atoms with E-state index in [1.54, 1.807) is 0 Å². The molecule has 9 heteroatoms. The normalized spacial score (nSPS) is 14.0. The molecule has 0 unspecified atom stereocenters. The van der Waals surface area contributed by atoms with Crippen molar-refractivity contribution in [2.24, 2.45) is 0 Å². The number of halogens is 4. The molecule has 1 aromatic carbocycles. The maximum absolute atomic E-state index is 13.8. The number of nitrogens with one attached hydrogen (secondary N) is 1. The first-order valence-corrected chi connectivity index (χ1v) is 7.59. The molecule has 0 spiro atoms. The number of nitrogens with zero attached hydrogens (tertiary/aromatic N) is 3. The Morgan fingerprint density at radius 1 is 1.25 bits per heavy atom. The highest BCUT2D eigenvalue weighted by atomic mass is 19.4. The number of fused-ring (bicyclic) bond motifs is 1. The quantitative estimate of drug-likeness (QED) is 0.646. The summed E-state index contributed by atoms with van der Waals surface area (Å²) >= 11 is 0. The molecule has 0 saturated heterocycles. The fourth-order valence-electron chi connectivity index (χ4n) is 2.74. The van der Waals surface area contributed by atoms with E-state index in [2.05, 4.69) is 20.3 Å². The number of aromatic nitrogens is 3. The fourth-order valence-corrected chi connectivity index (χ4v) is 2.74. The standard InChI is InChI=1S/C15H16F4N4O/c16-11-3-1-4-12(24-15(17,18)19)10(11)9-20-7-6-14-22-21-13-5-2-8-23(13)14/h1,3-4,20H,2,5-9H2. The van der Waals surface area contributed by atoms with Crippen molar-refractivity contribution in [3.63, 3.8) is 0 Å². The van der Waals surface area contributed by atoms with Gasteiger partial charge < -0.3 is 14.6 Å². The van der Waals surface area contributed by atoms with Crippen LogP contribution < -0.4 is 10.1 Å². The predicted molar refractivity (Wildman–Crippen MR) is 76.8 cm³/mol. The molecule has 3 rings (SSSR count). The third kappa shape index (κ3) is 3.84. The Labute approximate surface area is 135 Å². The summed E-state index contributed by atoms with van der Waals surface area (Å²) in [5.41, 5.74) is -0.152. The molecule has 0 saturated carbocycles. The lowest BCUT2D eigenvalue weighted by atomic mass is 10.2. The summed E-state index contributed by atoms with van der Waals surface area (Å²) in [5.74, 6) is 0.515. The second kappa shape index (κ2) is 6.76. The molecule has 0 aliphatic carbocycles. The summed E-state index contributed by atoms with van der Waals surface area (Å²) in [4.78, 5) is 0. The molecule has 5 nitrogen and oxygen atoms in total. The lowest BCUT2D eigenvalue weighted by molar-refractivity contribution is -0.275. The highest BCUT2D eigenvalue weighted by Gasteiger charge is 2.32. The van der Waals surface area contributed by atoms with E-state index in [0.29, 0.717) is 13.0 Å². The Kier molecular flexibility index (Phi) is 4.70. The van der Waals surface area contributed by atoms with Crippen molar-refractivity contribution in [3.8, 4) is 5.75 Å². The van der Waals surface area contributed by atoms with Gasteiger partial charge in [0.25, 0.3) is 0 Å². The third-order valence-corrected chi connectivity index (χ3v) is 3.81. The Morgan fingerprint density at radius 2 is 2.08 bits per heavy atom. The minimum Gasteiger partial charge on any atom is -0.405 e. The van der Waals surface area contributed by atoms with Crippen molar-refractivity contribution in [1.29, 1.82) is 0 Å². The number of hydrogen-bond acceptors (Lipinski definition) is 4. The molecule has 0 bridgehead atoms. The largest absolute Gasteiger partial charge is 0.573 e. The molecule has 24 heavy (non-hydrogen) atoms. The van der Waals surface area contributed by atoms with Crippen molar-refractivity contribution in [3.05, 3.63) is 41.2 Å². The number of aryl methyl sites for hydroxylation is 1. The highest BCUT2D eigenvalue weighted by molar-refractivity contribution is 5.34. The van der Waals surface area contributed by atoms with Crippen LogP contribution in [0.3, 0.4) is 0 Å². The zero-order valence-corrected chi connectivity index (χ0v) is 12.7. The molecule has 2 heterocycles. The molecule has 1 aliphatic rings. The van der Waals surface area contributed by atoms with Crippen LogP contribution in [0.2, 0.25) is 0 Å². The zero-order valence-electron chi connectivity index (χ0n) is 12.7. The SMILES string of the molecule is Fc1cccc(OC(F)(F)F)c1CNCCc1nnc2n1CCC2. The average molecular weight is 344 g/mol. The van der Waals surface area contributed by atoms with Crippen LogP contribution in [0.1, 0.15) is 23.6 Å². The van der Waals surface area contributed by atoms with Crippen LogP contribution in [0.5, 0.6) is 5.75 Å². The summed E-state index contributed by atoms with van der Waals surface area (Å²) in [6, 6.07) is 3.38. The van der Waals surface area contributed by atoms with Crippen LogP contribution >= 0.6 is 0 Å². The van der Waals surface area contributed by atoms with Crippen LogP contribution in [0.25, 0.3) is 0 Å². The van der Waals surface area contributed by atoms with Crippen LogP contribution in [0, 0.1) is 5.82 Å². The van der Waals surface area contributed by atoms with E-state index in [-0.39, 0.29) is 12.1 Å². The second-order valence-corrected chi connectivity index (χ2v) is 5.48. The number of hydrogen-bond donors (Lipinski definition) is 1. The van der Waals surface area contributed by atoms with Gasteiger partial charge in [-0.2, -0.15) is 0 Å². The molecule has 0 amide bonds. The molecule has 0 fully saturated rings. The summed E-state index contributed by atoms with van der Waals surface area (Å²) < 4.78 is 56.8. The Balaban J connectivity index is 1.58. The van der Waals surface area contributed by atoms with E-state index < -0.39 is 17.9 Å². The first kappa shape index (κ1) is 16.7. The van der Waals surface area contributed by atoms with Gasteiger partial charge in [-0.05, 0) is 18.6 Å². The molecule has 0 atom stereocenters.